The van der Waals surface area contributed by atoms with E-state index < -0.39 is 12.1 Å². The summed E-state index contributed by atoms with van der Waals surface area (Å²) in [4.78, 5) is 50.7. The molecule has 9 heteroatoms. The van der Waals surface area contributed by atoms with Gasteiger partial charge in [0.25, 0.3) is 11.8 Å². The van der Waals surface area contributed by atoms with Gasteiger partial charge in [0.05, 0.1) is 0 Å². The molecule has 3 aromatic rings. The van der Waals surface area contributed by atoms with Crippen LogP contribution in [0.25, 0.3) is 10.8 Å². The van der Waals surface area contributed by atoms with Crippen molar-refractivity contribution in [2.75, 3.05) is 19.6 Å². The number of hydrogen-bond donors (Lipinski definition) is 3. The number of amides is 5. The number of piperidine rings is 1. The number of carbonyl (C=O) groups is 4. The number of likely N-dealkylation sites (tertiary alicyclic amines) is 1. The maximum Gasteiger partial charge on any atom is 0.322 e. The zero-order valence-electron chi connectivity index (χ0n) is 21.8. The van der Waals surface area contributed by atoms with Gasteiger partial charge in [-0.15, -0.1) is 0 Å². The number of ether oxygens (including phenoxy) is 1. The summed E-state index contributed by atoms with van der Waals surface area (Å²) in [6, 6.07) is 20.0. The van der Waals surface area contributed by atoms with Crippen LogP contribution in [0.15, 0.2) is 66.7 Å². The monoisotopic (exact) mass is 528 g/mol. The summed E-state index contributed by atoms with van der Waals surface area (Å²) in [6.45, 7) is 3.36. The molecule has 2 unspecified atom stereocenters. The van der Waals surface area contributed by atoms with Crippen molar-refractivity contribution in [3.63, 3.8) is 0 Å². The van der Waals surface area contributed by atoms with Crippen molar-refractivity contribution in [1.82, 2.24) is 20.9 Å². The molecule has 5 amide bonds. The number of fused-ring (bicyclic) bond motifs is 1. The molecular formula is C30H32N4O5. The Balaban J connectivity index is 1.20. The van der Waals surface area contributed by atoms with Crippen LogP contribution in [0.5, 0.6) is 5.75 Å². The fourth-order valence-corrected chi connectivity index (χ4v) is 5.53. The first-order valence-electron chi connectivity index (χ1n) is 13.2. The van der Waals surface area contributed by atoms with E-state index in [9.17, 15) is 19.2 Å². The Labute approximate surface area is 226 Å². The molecule has 0 aliphatic carbocycles. The summed E-state index contributed by atoms with van der Waals surface area (Å²) < 4.78 is 5.98. The van der Waals surface area contributed by atoms with Crippen LogP contribution in [-0.2, 0) is 16.2 Å². The number of carbonyl (C=O) groups excluding carboxylic acids is 4. The van der Waals surface area contributed by atoms with Gasteiger partial charge in [-0.2, -0.15) is 0 Å². The highest BCUT2D eigenvalue weighted by atomic mass is 16.5. The molecule has 0 bridgehead atoms. The molecular weight excluding hydrogens is 496 g/mol. The molecule has 3 aromatic carbocycles. The SMILES string of the molecule is CC(=O)N1CCC(C(CNC(=O)c2ccc(OCc3cccc4ccccc34)cc2)C2NC(=O)NC2=O)CC1. The molecule has 3 N–H and O–H groups in total. The topological polar surface area (TPSA) is 117 Å². The molecule has 2 fully saturated rings. The number of hydrogen-bond acceptors (Lipinski definition) is 5. The van der Waals surface area contributed by atoms with Gasteiger partial charge in [-0.1, -0.05) is 42.5 Å². The first-order chi connectivity index (χ1) is 18.9. The number of imide groups is 1. The van der Waals surface area contributed by atoms with Crippen LogP contribution < -0.4 is 20.7 Å². The Bertz CT molecular complexity index is 1380. The number of rotatable bonds is 8. The van der Waals surface area contributed by atoms with Crippen molar-refractivity contribution in [2.45, 2.75) is 32.4 Å². The van der Waals surface area contributed by atoms with Crippen molar-refractivity contribution >= 4 is 34.5 Å². The molecule has 0 aromatic heterocycles. The van der Waals surface area contributed by atoms with Crippen LogP contribution in [0.4, 0.5) is 4.79 Å². The third kappa shape index (κ3) is 6.03. The predicted molar refractivity (Wildman–Crippen MR) is 146 cm³/mol. The number of nitrogens with zero attached hydrogens (tertiary/aromatic N) is 1. The second-order valence-corrected chi connectivity index (χ2v) is 10.1. The summed E-state index contributed by atoms with van der Waals surface area (Å²) in [5.74, 6) is -0.208. The number of benzene rings is 3. The quantitative estimate of drug-likeness (QED) is 0.388. The molecule has 2 saturated heterocycles. The lowest BCUT2D eigenvalue weighted by molar-refractivity contribution is -0.131. The lowest BCUT2D eigenvalue weighted by Crippen LogP contribution is -2.49. The van der Waals surface area contributed by atoms with Gasteiger partial charge in [0.2, 0.25) is 5.91 Å². The minimum atomic E-state index is -0.725. The smallest absolute Gasteiger partial charge is 0.322 e. The van der Waals surface area contributed by atoms with Gasteiger partial charge in [0.15, 0.2) is 0 Å². The van der Waals surface area contributed by atoms with Gasteiger partial charge in [-0.25, -0.2) is 4.79 Å². The molecule has 39 heavy (non-hydrogen) atoms. The van der Waals surface area contributed by atoms with Gasteiger partial charge < -0.3 is 20.3 Å². The molecule has 2 aliphatic heterocycles. The number of nitrogens with one attached hydrogen (secondary N) is 3. The normalized spacial score (nSPS) is 18.4. The molecule has 5 rings (SSSR count). The highest BCUT2D eigenvalue weighted by Gasteiger charge is 2.41. The summed E-state index contributed by atoms with van der Waals surface area (Å²) in [5, 5.41) is 10.2. The maximum atomic E-state index is 13.0. The molecule has 202 valence electrons. The van der Waals surface area contributed by atoms with E-state index in [0.29, 0.717) is 43.9 Å². The second kappa shape index (κ2) is 11.6. The summed E-state index contributed by atoms with van der Waals surface area (Å²) in [7, 11) is 0. The number of urea groups is 1. The standard InChI is InChI=1S/C30H32N4O5/c1-19(35)34-15-13-21(14-16-34)26(27-29(37)33-30(38)32-27)17-31-28(36)22-9-11-24(12-10-22)39-18-23-7-4-6-20-5-2-3-8-25(20)23/h2-12,21,26-27H,13-18H2,1H3,(H,31,36)(H2,32,33,37,38). The van der Waals surface area contributed by atoms with Gasteiger partial charge in [0.1, 0.15) is 18.4 Å². The maximum absolute atomic E-state index is 13.0. The van der Waals surface area contributed by atoms with Crippen LogP contribution in [0.1, 0.15) is 35.7 Å². The van der Waals surface area contributed by atoms with E-state index >= 15 is 0 Å². The lowest BCUT2D eigenvalue weighted by atomic mass is 9.79. The van der Waals surface area contributed by atoms with Crippen molar-refractivity contribution in [1.29, 1.82) is 0 Å². The predicted octanol–water partition coefficient (Wildman–Crippen LogP) is 3.23. The van der Waals surface area contributed by atoms with Crippen molar-refractivity contribution in [3.8, 4) is 5.75 Å². The van der Waals surface area contributed by atoms with E-state index in [4.69, 9.17) is 4.74 Å². The molecule has 0 saturated carbocycles. The Morgan fingerprint density at radius 1 is 1.00 bits per heavy atom. The largest absolute Gasteiger partial charge is 0.489 e. The Morgan fingerprint density at radius 3 is 2.41 bits per heavy atom. The molecule has 2 atom stereocenters. The summed E-state index contributed by atoms with van der Waals surface area (Å²) >= 11 is 0. The highest BCUT2D eigenvalue weighted by molar-refractivity contribution is 6.04. The van der Waals surface area contributed by atoms with E-state index in [2.05, 4.69) is 34.1 Å². The van der Waals surface area contributed by atoms with Crippen molar-refractivity contribution in [3.05, 3.63) is 77.9 Å². The molecule has 2 heterocycles. The van der Waals surface area contributed by atoms with Crippen molar-refractivity contribution < 1.29 is 23.9 Å². The summed E-state index contributed by atoms with van der Waals surface area (Å²) in [5.41, 5.74) is 1.55. The van der Waals surface area contributed by atoms with Crippen LogP contribution in [0.2, 0.25) is 0 Å². The minimum absolute atomic E-state index is 0.0229. The van der Waals surface area contributed by atoms with Gasteiger partial charge in [-0.05, 0) is 59.4 Å². The third-order valence-corrected chi connectivity index (χ3v) is 7.71. The average Bonchev–Trinajstić information content (AvgIpc) is 3.29. The Morgan fingerprint density at radius 2 is 1.72 bits per heavy atom. The van der Waals surface area contributed by atoms with E-state index in [1.165, 1.54) is 0 Å². The minimum Gasteiger partial charge on any atom is -0.489 e. The summed E-state index contributed by atoms with van der Waals surface area (Å²) in [6.07, 6.45) is 1.39. The Kier molecular flexibility index (Phi) is 7.76. The molecule has 9 nitrogen and oxygen atoms in total. The van der Waals surface area contributed by atoms with Crippen LogP contribution >= 0.6 is 0 Å². The van der Waals surface area contributed by atoms with Gasteiger partial charge >= 0.3 is 6.03 Å². The second-order valence-electron chi connectivity index (χ2n) is 10.1. The first-order valence-corrected chi connectivity index (χ1v) is 13.2. The fourth-order valence-electron chi connectivity index (χ4n) is 5.53. The van der Waals surface area contributed by atoms with Gasteiger partial charge in [0, 0.05) is 38.0 Å². The third-order valence-electron chi connectivity index (χ3n) is 7.71. The Hall–Kier alpha value is -4.40. The van der Waals surface area contributed by atoms with E-state index in [-0.39, 0.29) is 36.1 Å². The van der Waals surface area contributed by atoms with Crippen molar-refractivity contribution in [2.24, 2.45) is 11.8 Å². The van der Waals surface area contributed by atoms with E-state index in [1.807, 2.05) is 24.3 Å². The van der Waals surface area contributed by atoms with Gasteiger partial charge in [-0.3, -0.25) is 19.7 Å². The first kappa shape index (κ1) is 26.2. The van der Waals surface area contributed by atoms with Crippen LogP contribution in [0.3, 0.4) is 0 Å². The zero-order chi connectivity index (χ0) is 27.4. The molecule has 0 spiro atoms. The average molecular weight is 529 g/mol. The van der Waals surface area contributed by atoms with E-state index in [1.54, 1.807) is 36.1 Å². The fraction of sp³-hybridized carbons (Fsp3) is 0.333. The van der Waals surface area contributed by atoms with Crippen LogP contribution in [0, 0.1) is 11.8 Å². The highest BCUT2D eigenvalue weighted by Crippen LogP contribution is 2.29. The van der Waals surface area contributed by atoms with Crippen LogP contribution in [-0.4, -0.2) is 54.3 Å². The molecule has 0 radical (unpaired) electrons. The molecule has 2 aliphatic rings. The zero-order valence-corrected chi connectivity index (χ0v) is 21.8. The van der Waals surface area contributed by atoms with E-state index in [0.717, 1.165) is 16.3 Å². The lowest BCUT2D eigenvalue weighted by Gasteiger charge is -2.37.